The molecule has 1 N–H and O–H groups in total. The van der Waals surface area contributed by atoms with Crippen molar-refractivity contribution in [3.8, 4) is 5.75 Å². The van der Waals surface area contributed by atoms with Crippen LogP contribution >= 0.6 is 0 Å². The molecule has 0 aromatic heterocycles. The highest BCUT2D eigenvalue weighted by Crippen LogP contribution is 2.17. The monoisotopic (exact) mass is 438 g/mol. The highest BCUT2D eigenvalue weighted by atomic mass is 32.2. The van der Waals surface area contributed by atoms with E-state index < -0.39 is 10.0 Å². The Labute approximate surface area is 176 Å². The van der Waals surface area contributed by atoms with Gasteiger partial charge in [-0.05, 0) is 55.3 Å². The van der Waals surface area contributed by atoms with Crippen molar-refractivity contribution < 1.29 is 27.1 Å². The summed E-state index contributed by atoms with van der Waals surface area (Å²) in [5.74, 6) is -0.0514. The van der Waals surface area contributed by atoms with E-state index in [0.29, 0.717) is 36.4 Å². The van der Waals surface area contributed by atoms with Crippen LogP contribution in [0.3, 0.4) is 0 Å². The number of rotatable bonds is 11. The number of carbonyl (C=O) groups excluding carboxylic acids is 1. The lowest BCUT2D eigenvalue weighted by Gasteiger charge is -2.19. The molecule has 0 saturated carbocycles. The third kappa shape index (κ3) is 6.79. The van der Waals surface area contributed by atoms with E-state index in [0.717, 1.165) is 0 Å². The lowest BCUT2D eigenvalue weighted by molar-refractivity contribution is 0.0787. The molecule has 0 aliphatic heterocycles. The summed E-state index contributed by atoms with van der Waals surface area (Å²) in [4.78, 5) is 14.4. The number of benzene rings is 2. The van der Waals surface area contributed by atoms with Crippen LogP contribution in [-0.4, -0.2) is 59.7 Å². The Hall–Kier alpha value is -2.49. The lowest BCUT2D eigenvalue weighted by Crippen LogP contribution is -2.30. The summed E-state index contributed by atoms with van der Waals surface area (Å²) in [7, 11) is -0.599. The number of nitrogens with one attached hydrogen (secondary N) is 1. The molecule has 0 bridgehead atoms. The Morgan fingerprint density at radius 3 is 2.50 bits per heavy atom. The molecule has 0 atom stereocenters. The molecule has 164 valence electrons. The molecule has 0 spiro atoms. The van der Waals surface area contributed by atoms with Crippen LogP contribution in [-0.2, 0) is 14.8 Å². The quantitative estimate of drug-likeness (QED) is 0.545. The average Bonchev–Trinajstić information content (AvgIpc) is 2.72. The van der Waals surface area contributed by atoms with Crippen molar-refractivity contribution in [1.82, 2.24) is 9.62 Å². The molecule has 2 rings (SSSR count). The molecule has 0 heterocycles. The predicted octanol–water partition coefficient (Wildman–Crippen LogP) is 2.60. The molecule has 7 nitrogen and oxygen atoms in total. The number of hydrogen-bond donors (Lipinski definition) is 1. The standard InChI is InChI=1S/C21H27FN2O5S/c1-16-5-10-19(30(26,27)23-11-14-28-3)15-20(16)21(25)24(2)12-4-13-29-18-8-6-17(22)7-9-18/h5-10,15,23H,4,11-14H2,1-3H3. The summed E-state index contributed by atoms with van der Waals surface area (Å²) >= 11 is 0. The van der Waals surface area contributed by atoms with Crippen molar-refractivity contribution in [3.63, 3.8) is 0 Å². The topological polar surface area (TPSA) is 84.9 Å². The summed E-state index contributed by atoms with van der Waals surface area (Å²) in [5, 5.41) is 0. The second-order valence-electron chi connectivity index (χ2n) is 6.75. The van der Waals surface area contributed by atoms with E-state index in [2.05, 4.69) is 4.72 Å². The zero-order valence-electron chi connectivity index (χ0n) is 17.4. The number of amides is 1. The fourth-order valence-corrected chi connectivity index (χ4v) is 3.73. The number of sulfonamides is 1. The number of carbonyl (C=O) groups is 1. The van der Waals surface area contributed by atoms with Gasteiger partial charge in [0.15, 0.2) is 0 Å². The number of nitrogens with zero attached hydrogens (tertiary/aromatic N) is 1. The third-order valence-electron chi connectivity index (χ3n) is 4.41. The number of ether oxygens (including phenoxy) is 2. The maximum absolute atomic E-state index is 12.9. The van der Waals surface area contributed by atoms with Crippen LogP contribution in [0.25, 0.3) is 0 Å². The van der Waals surface area contributed by atoms with Gasteiger partial charge in [-0.3, -0.25) is 4.79 Å². The van der Waals surface area contributed by atoms with Gasteiger partial charge < -0.3 is 14.4 Å². The maximum atomic E-state index is 12.9. The SMILES string of the molecule is COCCNS(=O)(=O)c1ccc(C)c(C(=O)N(C)CCCOc2ccc(F)cc2)c1. The Bertz CT molecular complexity index is 948. The first-order valence-corrected chi connectivity index (χ1v) is 11.0. The minimum atomic E-state index is -3.73. The van der Waals surface area contributed by atoms with Gasteiger partial charge in [-0.1, -0.05) is 6.07 Å². The number of methoxy groups -OCH3 is 1. The maximum Gasteiger partial charge on any atom is 0.253 e. The zero-order chi connectivity index (χ0) is 22.1. The van der Waals surface area contributed by atoms with E-state index in [-0.39, 0.29) is 29.8 Å². The second-order valence-corrected chi connectivity index (χ2v) is 8.52. The van der Waals surface area contributed by atoms with Gasteiger partial charge in [0.2, 0.25) is 10.0 Å². The van der Waals surface area contributed by atoms with Gasteiger partial charge in [0.05, 0.1) is 18.1 Å². The minimum Gasteiger partial charge on any atom is -0.494 e. The van der Waals surface area contributed by atoms with E-state index in [9.17, 15) is 17.6 Å². The molecule has 0 saturated heterocycles. The van der Waals surface area contributed by atoms with E-state index in [1.54, 1.807) is 32.2 Å². The first-order chi connectivity index (χ1) is 14.2. The second kappa shape index (κ2) is 11.1. The fraction of sp³-hybridized carbons (Fsp3) is 0.381. The minimum absolute atomic E-state index is 0.0283. The summed E-state index contributed by atoms with van der Waals surface area (Å²) in [6, 6.07) is 10.2. The smallest absolute Gasteiger partial charge is 0.253 e. The van der Waals surface area contributed by atoms with Gasteiger partial charge in [-0.25, -0.2) is 17.5 Å². The average molecular weight is 439 g/mol. The molecule has 0 aliphatic rings. The van der Waals surface area contributed by atoms with E-state index in [1.807, 2.05) is 0 Å². The summed E-state index contributed by atoms with van der Waals surface area (Å²) in [5.41, 5.74) is 1.01. The Morgan fingerprint density at radius 1 is 1.13 bits per heavy atom. The van der Waals surface area contributed by atoms with Gasteiger partial charge in [0, 0.05) is 32.8 Å². The molecule has 2 aromatic rings. The molecule has 0 fully saturated rings. The van der Waals surface area contributed by atoms with Crippen LogP contribution < -0.4 is 9.46 Å². The predicted molar refractivity (Wildman–Crippen MR) is 112 cm³/mol. The molecule has 0 aliphatic carbocycles. The number of hydrogen-bond acceptors (Lipinski definition) is 5. The molecule has 0 radical (unpaired) electrons. The fourth-order valence-electron chi connectivity index (χ4n) is 2.69. The molecule has 2 aromatic carbocycles. The Kier molecular flexibility index (Phi) is 8.76. The van der Waals surface area contributed by atoms with Gasteiger partial charge in [0.1, 0.15) is 11.6 Å². The van der Waals surface area contributed by atoms with Crippen molar-refractivity contribution in [2.75, 3.05) is 40.5 Å². The van der Waals surface area contributed by atoms with Crippen molar-refractivity contribution in [1.29, 1.82) is 0 Å². The first kappa shape index (κ1) is 23.8. The van der Waals surface area contributed by atoms with Crippen LogP contribution in [0.2, 0.25) is 0 Å². The Balaban J connectivity index is 1.96. The van der Waals surface area contributed by atoms with E-state index in [1.165, 1.54) is 36.3 Å². The van der Waals surface area contributed by atoms with Crippen LogP contribution in [0, 0.1) is 12.7 Å². The van der Waals surface area contributed by atoms with Crippen LogP contribution in [0.15, 0.2) is 47.4 Å². The molecular formula is C21H27FN2O5S. The van der Waals surface area contributed by atoms with Crippen molar-refractivity contribution in [3.05, 3.63) is 59.4 Å². The highest BCUT2D eigenvalue weighted by Gasteiger charge is 2.19. The highest BCUT2D eigenvalue weighted by molar-refractivity contribution is 7.89. The summed E-state index contributed by atoms with van der Waals surface area (Å²) in [6.07, 6.45) is 0.565. The van der Waals surface area contributed by atoms with Crippen LogP contribution in [0.5, 0.6) is 5.75 Å². The van der Waals surface area contributed by atoms with Crippen LogP contribution in [0.4, 0.5) is 4.39 Å². The lowest BCUT2D eigenvalue weighted by atomic mass is 10.1. The third-order valence-corrected chi connectivity index (χ3v) is 5.87. The summed E-state index contributed by atoms with van der Waals surface area (Å²) in [6.45, 7) is 2.93. The zero-order valence-corrected chi connectivity index (χ0v) is 18.2. The van der Waals surface area contributed by atoms with Crippen molar-refractivity contribution in [2.24, 2.45) is 0 Å². The summed E-state index contributed by atoms with van der Waals surface area (Å²) < 4.78 is 50.5. The number of aryl methyl sites for hydroxylation is 1. The molecular weight excluding hydrogens is 411 g/mol. The van der Waals surface area contributed by atoms with Gasteiger partial charge in [-0.2, -0.15) is 0 Å². The molecule has 0 unspecified atom stereocenters. The van der Waals surface area contributed by atoms with Crippen LogP contribution in [0.1, 0.15) is 22.3 Å². The molecule has 1 amide bonds. The largest absolute Gasteiger partial charge is 0.494 e. The molecule has 30 heavy (non-hydrogen) atoms. The van der Waals surface area contributed by atoms with Crippen molar-refractivity contribution >= 4 is 15.9 Å². The Morgan fingerprint density at radius 2 is 1.83 bits per heavy atom. The van der Waals surface area contributed by atoms with Crippen molar-refractivity contribution in [2.45, 2.75) is 18.2 Å². The normalized spacial score (nSPS) is 11.3. The van der Waals surface area contributed by atoms with Gasteiger partial charge in [-0.15, -0.1) is 0 Å². The van der Waals surface area contributed by atoms with Gasteiger partial charge in [0.25, 0.3) is 5.91 Å². The number of halogens is 1. The molecule has 9 heteroatoms. The first-order valence-electron chi connectivity index (χ1n) is 9.47. The van der Waals surface area contributed by atoms with Gasteiger partial charge >= 0.3 is 0 Å². The van der Waals surface area contributed by atoms with E-state index in [4.69, 9.17) is 9.47 Å². The van der Waals surface area contributed by atoms with E-state index >= 15 is 0 Å².